The summed E-state index contributed by atoms with van der Waals surface area (Å²) in [6, 6.07) is 9.85. The van der Waals surface area contributed by atoms with E-state index in [-0.39, 0.29) is 5.92 Å². The van der Waals surface area contributed by atoms with Gasteiger partial charge in [0, 0.05) is 0 Å². The Morgan fingerprint density at radius 2 is 2.11 bits per heavy atom. The summed E-state index contributed by atoms with van der Waals surface area (Å²) in [5.74, 6) is -1.23. The Kier molecular flexibility index (Phi) is 6.15. The molecule has 0 fully saturated rings. The molecule has 0 aliphatic rings. The van der Waals surface area contributed by atoms with Crippen LogP contribution in [0.2, 0.25) is 0 Å². The van der Waals surface area contributed by atoms with Crippen molar-refractivity contribution in [3.63, 3.8) is 0 Å². The number of carboxylic acid groups (broad SMARTS) is 1. The SMILES string of the molecule is C=CC[C@H](COCc1ccccc1)[C@H](C)C(=O)O. The molecule has 1 aromatic rings. The van der Waals surface area contributed by atoms with Crippen LogP contribution in [0.3, 0.4) is 0 Å². The first-order valence-corrected chi connectivity index (χ1v) is 6.10. The molecule has 3 nitrogen and oxygen atoms in total. The highest BCUT2D eigenvalue weighted by Gasteiger charge is 2.22. The van der Waals surface area contributed by atoms with Crippen LogP contribution in [0.15, 0.2) is 43.0 Å². The second kappa shape index (κ2) is 7.67. The zero-order chi connectivity index (χ0) is 13.4. The Labute approximate surface area is 108 Å². The highest BCUT2D eigenvalue weighted by Crippen LogP contribution is 2.17. The fraction of sp³-hybridized carbons (Fsp3) is 0.400. The smallest absolute Gasteiger partial charge is 0.306 e. The first-order chi connectivity index (χ1) is 8.65. The molecule has 0 radical (unpaired) electrons. The lowest BCUT2D eigenvalue weighted by Gasteiger charge is -2.19. The molecule has 1 aromatic carbocycles. The summed E-state index contributed by atoms with van der Waals surface area (Å²) >= 11 is 0. The maximum absolute atomic E-state index is 11.0. The minimum atomic E-state index is -0.787. The second-order valence-corrected chi connectivity index (χ2v) is 4.41. The van der Waals surface area contributed by atoms with Gasteiger partial charge in [0.2, 0.25) is 0 Å². The largest absolute Gasteiger partial charge is 0.481 e. The first kappa shape index (κ1) is 14.5. The van der Waals surface area contributed by atoms with Crippen LogP contribution in [0.4, 0.5) is 0 Å². The molecule has 98 valence electrons. The van der Waals surface area contributed by atoms with Crippen LogP contribution >= 0.6 is 0 Å². The van der Waals surface area contributed by atoms with Crippen LogP contribution in [0.1, 0.15) is 18.9 Å². The minimum Gasteiger partial charge on any atom is -0.481 e. The highest BCUT2D eigenvalue weighted by molar-refractivity contribution is 5.69. The standard InChI is InChI=1S/C15H20O3/c1-3-7-14(12(2)15(16)17)11-18-10-13-8-5-4-6-9-13/h3-6,8-9,12,14H,1,7,10-11H2,2H3,(H,16,17)/t12-,14+/m0/s1. The lowest BCUT2D eigenvalue weighted by atomic mass is 9.92. The van der Waals surface area contributed by atoms with Gasteiger partial charge in [-0.2, -0.15) is 0 Å². The van der Waals surface area contributed by atoms with Crippen molar-refractivity contribution in [3.05, 3.63) is 48.6 Å². The van der Waals surface area contributed by atoms with Crippen LogP contribution in [-0.2, 0) is 16.1 Å². The van der Waals surface area contributed by atoms with Gasteiger partial charge in [0.05, 0.1) is 19.1 Å². The number of benzene rings is 1. The van der Waals surface area contributed by atoms with E-state index >= 15 is 0 Å². The molecule has 1 N–H and O–H groups in total. The third-order valence-electron chi connectivity index (χ3n) is 3.01. The fourth-order valence-electron chi connectivity index (χ4n) is 1.73. The quantitative estimate of drug-likeness (QED) is 0.719. The van der Waals surface area contributed by atoms with E-state index in [1.165, 1.54) is 0 Å². The van der Waals surface area contributed by atoms with Crippen LogP contribution in [0.25, 0.3) is 0 Å². The van der Waals surface area contributed by atoms with Crippen LogP contribution in [0, 0.1) is 11.8 Å². The molecule has 2 atom stereocenters. The lowest BCUT2D eigenvalue weighted by molar-refractivity contribution is -0.143. The van der Waals surface area contributed by atoms with Crippen molar-refractivity contribution in [2.24, 2.45) is 11.8 Å². The van der Waals surface area contributed by atoms with Crippen molar-refractivity contribution in [1.82, 2.24) is 0 Å². The maximum atomic E-state index is 11.0. The summed E-state index contributed by atoms with van der Waals surface area (Å²) in [5.41, 5.74) is 1.10. The third kappa shape index (κ3) is 4.72. The van der Waals surface area contributed by atoms with Crippen molar-refractivity contribution >= 4 is 5.97 Å². The van der Waals surface area contributed by atoms with Crippen molar-refractivity contribution in [2.45, 2.75) is 20.0 Å². The zero-order valence-corrected chi connectivity index (χ0v) is 10.7. The molecule has 3 heteroatoms. The number of carboxylic acids is 1. The fourth-order valence-corrected chi connectivity index (χ4v) is 1.73. The summed E-state index contributed by atoms with van der Waals surface area (Å²) in [6.07, 6.45) is 2.40. The van der Waals surface area contributed by atoms with E-state index in [9.17, 15) is 4.79 Å². The van der Waals surface area contributed by atoms with Crippen molar-refractivity contribution in [1.29, 1.82) is 0 Å². The van der Waals surface area contributed by atoms with E-state index in [0.29, 0.717) is 19.6 Å². The average Bonchev–Trinajstić information content (AvgIpc) is 2.38. The predicted molar refractivity (Wildman–Crippen MR) is 71.2 cm³/mol. The molecule has 0 unspecified atom stereocenters. The predicted octanol–water partition coefficient (Wildman–Crippen LogP) is 3.12. The molecule has 0 heterocycles. The van der Waals surface area contributed by atoms with Gasteiger partial charge in [-0.15, -0.1) is 6.58 Å². The number of hydrogen-bond acceptors (Lipinski definition) is 2. The number of allylic oxidation sites excluding steroid dienone is 1. The molecule has 1 rings (SSSR count). The molecule has 0 amide bonds. The molecule has 0 aliphatic heterocycles. The summed E-state index contributed by atoms with van der Waals surface area (Å²) in [7, 11) is 0. The van der Waals surface area contributed by atoms with Gasteiger partial charge >= 0.3 is 5.97 Å². The van der Waals surface area contributed by atoms with Gasteiger partial charge in [0.25, 0.3) is 0 Å². The molecule has 0 saturated carbocycles. The molecular formula is C15H20O3. The summed E-state index contributed by atoms with van der Waals surface area (Å²) in [6.45, 7) is 6.32. The van der Waals surface area contributed by atoms with Gasteiger partial charge in [-0.1, -0.05) is 43.3 Å². The normalized spacial score (nSPS) is 13.8. The number of hydrogen-bond donors (Lipinski definition) is 1. The number of carbonyl (C=O) groups is 1. The van der Waals surface area contributed by atoms with E-state index in [1.54, 1.807) is 13.0 Å². The van der Waals surface area contributed by atoms with E-state index in [4.69, 9.17) is 9.84 Å². The van der Waals surface area contributed by atoms with Crippen LogP contribution < -0.4 is 0 Å². The lowest BCUT2D eigenvalue weighted by Crippen LogP contribution is -2.24. The highest BCUT2D eigenvalue weighted by atomic mass is 16.5. The van der Waals surface area contributed by atoms with E-state index in [0.717, 1.165) is 5.56 Å². The molecule has 0 bridgehead atoms. The number of ether oxygens (including phenoxy) is 1. The molecule has 0 aliphatic carbocycles. The minimum absolute atomic E-state index is 0.0243. The van der Waals surface area contributed by atoms with Crippen LogP contribution in [-0.4, -0.2) is 17.7 Å². The summed E-state index contributed by atoms with van der Waals surface area (Å²) in [5, 5.41) is 9.01. The Hall–Kier alpha value is -1.61. The van der Waals surface area contributed by atoms with Gasteiger partial charge in [0.1, 0.15) is 0 Å². The van der Waals surface area contributed by atoms with Gasteiger partial charge in [-0.25, -0.2) is 0 Å². The van der Waals surface area contributed by atoms with Gasteiger partial charge < -0.3 is 9.84 Å². The van der Waals surface area contributed by atoms with Crippen molar-refractivity contribution in [2.75, 3.05) is 6.61 Å². The molecule has 0 aromatic heterocycles. The number of aliphatic carboxylic acids is 1. The Balaban J connectivity index is 2.42. The molecular weight excluding hydrogens is 228 g/mol. The third-order valence-corrected chi connectivity index (χ3v) is 3.01. The molecule has 0 spiro atoms. The van der Waals surface area contributed by atoms with Gasteiger partial charge in [0.15, 0.2) is 0 Å². The average molecular weight is 248 g/mol. The Bertz CT molecular complexity index is 373. The summed E-state index contributed by atoms with van der Waals surface area (Å²) < 4.78 is 5.59. The van der Waals surface area contributed by atoms with E-state index in [2.05, 4.69) is 6.58 Å². The zero-order valence-electron chi connectivity index (χ0n) is 10.7. The topological polar surface area (TPSA) is 46.5 Å². The second-order valence-electron chi connectivity index (χ2n) is 4.41. The van der Waals surface area contributed by atoms with Crippen LogP contribution in [0.5, 0.6) is 0 Å². The monoisotopic (exact) mass is 248 g/mol. The van der Waals surface area contributed by atoms with Gasteiger partial charge in [-0.05, 0) is 17.9 Å². The summed E-state index contributed by atoms with van der Waals surface area (Å²) in [4.78, 5) is 11.0. The van der Waals surface area contributed by atoms with E-state index < -0.39 is 11.9 Å². The van der Waals surface area contributed by atoms with Crippen molar-refractivity contribution in [3.8, 4) is 0 Å². The Morgan fingerprint density at radius 1 is 1.44 bits per heavy atom. The maximum Gasteiger partial charge on any atom is 0.306 e. The number of rotatable bonds is 8. The Morgan fingerprint density at radius 3 is 2.67 bits per heavy atom. The van der Waals surface area contributed by atoms with E-state index in [1.807, 2.05) is 30.3 Å². The molecule has 0 saturated heterocycles. The van der Waals surface area contributed by atoms with Gasteiger partial charge in [-0.3, -0.25) is 4.79 Å². The molecule has 18 heavy (non-hydrogen) atoms. The first-order valence-electron chi connectivity index (χ1n) is 6.10. The van der Waals surface area contributed by atoms with Crippen molar-refractivity contribution < 1.29 is 14.6 Å².